The van der Waals surface area contributed by atoms with Crippen LogP contribution in [0.3, 0.4) is 0 Å². The molecule has 0 spiro atoms. The molecular formula is C43H61N7O6S. The lowest BCUT2D eigenvalue weighted by atomic mass is 9.87. The van der Waals surface area contributed by atoms with Crippen LogP contribution in [0.15, 0.2) is 35.7 Å². The number of primary amides is 2. The van der Waals surface area contributed by atoms with E-state index in [-0.39, 0.29) is 30.3 Å². The van der Waals surface area contributed by atoms with Crippen LogP contribution in [0.1, 0.15) is 130 Å². The van der Waals surface area contributed by atoms with Crippen molar-refractivity contribution in [3.05, 3.63) is 41.4 Å². The standard InChI is InChI=1S/C43H61N7O6S/c1-25(2)50-33-21-15-19-29(39-46-32(24-57-39)27-16-12-10-13-17-27)35(33)48-41(50)55-34-23-49(36(26(34)3)38(45)52)40(53)31(47-42(54)56-43(4,5)6)20-14-9-7-8-11-18-28-22-30(28)37(44)51/h11,15,18-19,21,24-28,30-31,34,36H,7-10,12-14,16-17,20,22-23H2,1-6H3,(H2,44,51)(H2,45,52)(H,47,54)/b18-11-/t26-,28-,30+,31+,34+,36+/m1/s1. The van der Waals surface area contributed by atoms with E-state index in [0.717, 1.165) is 53.0 Å². The number of nitrogens with two attached hydrogens (primary N) is 2. The van der Waals surface area contributed by atoms with Crippen LogP contribution in [-0.2, 0) is 19.1 Å². The number of nitrogens with zero attached hydrogens (tertiary/aromatic N) is 4. The second kappa shape index (κ2) is 18.0. The molecule has 3 aliphatic rings. The average molecular weight is 804 g/mol. The highest BCUT2D eigenvalue weighted by Crippen LogP contribution is 2.40. The maximum absolute atomic E-state index is 14.4. The van der Waals surface area contributed by atoms with E-state index in [2.05, 4.69) is 42.8 Å². The van der Waals surface area contributed by atoms with Gasteiger partial charge in [-0.25, -0.2) is 9.78 Å². The highest BCUT2D eigenvalue weighted by atomic mass is 32.1. The molecule has 2 saturated carbocycles. The lowest BCUT2D eigenvalue weighted by Crippen LogP contribution is -2.54. The van der Waals surface area contributed by atoms with Crippen molar-refractivity contribution in [2.75, 3.05) is 6.54 Å². The molecule has 4 amide bonds. The number of thiazole rings is 1. The molecule has 0 radical (unpaired) electrons. The molecule has 13 nitrogen and oxygen atoms in total. The zero-order valence-corrected chi connectivity index (χ0v) is 35.2. The van der Waals surface area contributed by atoms with Crippen molar-refractivity contribution in [1.82, 2.24) is 24.8 Å². The number of para-hydroxylation sites is 1. The van der Waals surface area contributed by atoms with E-state index in [1.165, 1.54) is 37.0 Å². The first-order chi connectivity index (χ1) is 27.1. The van der Waals surface area contributed by atoms with Gasteiger partial charge in [-0.3, -0.25) is 19.0 Å². The molecule has 0 unspecified atom stereocenters. The quantitative estimate of drug-likeness (QED) is 0.0989. The molecule has 5 N–H and O–H groups in total. The fourth-order valence-electron chi connectivity index (χ4n) is 8.45. The lowest BCUT2D eigenvalue weighted by molar-refractivity contribution is -0.139. The van der Waals surface area contributed by atoms with Crippen molar-refractivity contribution in [3.8, 4) is 16.6 Å². The zero-order valence-electron chi connectivity index (χ0n) is 34.4. The highest BCUT2D eigenvalue weighted by Gasteiger charge is 2.48. The van der Waals surface area contributed by atoms with Gasteiger partial charge >= 0.3 is 6.09 Å². The van der Waals surface area contributed by atoms with Gasteiger partial charge in [-0.05, 0) is 91.2 Å². The van der Waals surface area contributed by atoms with Crippen molar-refractivity contribution in [2.45, 2.75) is 148 Å². The molecule has 14 heteroatoms. The van der Waals surface area contributed by atoms with E-state index in [1.54, 1.807) is 32.1 Å². The molecule has 0 bridgehead atoms. The van der Waals surface area contributed by atoms with E-state index in [1.807, 2.05) is 23.6 Å². The number of amides is 4. The van der Waals surface area contributed by atoms with Gasteiger partial charge in [0.1, 0.15) is 34.3 Å². The van der Waals surface area contributed by atoms with Crippen molar-refractivity contribution in [1.29, 1.82) is 0 Å². The van der Waals surface area contributed by atoms with Gasteiger partial charge < -0.3 is 31.2 Å². The Labute approximate surface area is 340 Å². The van der Waals surface area contributed by atoms with Crippen LogP contribution in [0.5, 0.6) is 6.01 Å². The summed E-state index contributed by atoms with van der Waals surface area (Å²) in [6, 6.07) is 4.61. The van der Waals surface area contributed by atoms with Crippen molar-refractivity contribution in [3.63, 3.8) is 0 Å². The molecule has 1 aliphatic heterocycles. The Morgan fingerprint density at radius 3 is 2.46 bits per heavy atom. The lowest BCUT2D eigenvalue weighted by Gasteiger charge is -2.29. The zero-order chi connectivity index (χ0) is 41.0. The molecule has 6 rings (SSSR count). The normalized spacial score (nSPS) is 23.3. The number of carbonyl (C=O) groups excluding carboxylic acids is 4. The Kier molecular flexibility index (Phi) is 13.3. The van der Waals surface area contributed by atoms with E-state index >= 15 is 0 Å². The van der Waals surface area contributed by atoms with Gasteiger partial charge in [-0.1, -0.05) is 57.2 Å². The van der Waals surface area contributed by atoms with E-state index in [9.17, 15) is 19.2 Å². The minimum Gasteiger partial charge on any atom is -0.459 e. The molecule has 1 aromatic carbocycles. The first-order valence-electron chi connectivity index (χ1n) is 20.8. The average Bonchev–Trinajstić information content (AvgIpc) is 3.43. The van der Waals surface area contributed by atoms with Crippen LogP contribution < -0.4 is 21.5 Å². The molecule has 3 heterocycles. The summed E-state index contributed by atoms with van der Waals surface area (Å²) in [4.78, 5) is 63.4. The number of likely N-dealkylation sites (tertiary alicyclic amines) is 1. The number of fused-ring (bicyclic) bond motifs is 1. The number of ether oxygens (including phenoxy) is 2. The minimum atomic E-state index is -0.955. The first kappa shape index (κ1) is 42.2. The summed E-state index contributed by atoms with van der Waals surface area (Å²) in [5, 5.41) is 5.91. The molecule has 57 heavy (non-hydrogen) atoms. The van der Waals surface area contributed by atoms with Crippen LogP contribution in [-0.4, -0.2) is 73.6 Å². The van der Waals surface area contributed by atoms with Crippen LogP contribution in [0, 0.1) is 17.8 Å². The third kappa shape index (κ3) is 10.2. The number of carbonyl (C=O) groups is 4. The Hall–Kier alpha value is -4.46. The summed E-state index contributed by atoms with van der Waals surface area (Å²) in [5.74, 6) is -1.07. The fraction of sp³-hybridized carbons (Fsp3) is 0.628. The monoisotopic (exact) mass is 803 g/mol. The number of unbranched alkanes of at least 4 members (excludes halogenated alkanes) is 3. The van der Waals surface area contributed by atoms with Gasteiger partial charge in [0, 0.05) is 34.7 Å². The maximum Gasteiger partial charge on any atom is 0.408 e. The highest BCUT2D eigenvalue weighted by molar-refractivity contribution is 7.13. The number of aromatic nitrogens is 3. The molecule has 1 saturated heterocycles. The van der Waals surface area contributed by atoms with Gasteiger partial charge in [0.25, 0.3) is 6.01 Å². The Bertz CT molecular complexity index is 1940. The molecular weight excluding hydrogens is 743 g/mol. The van der Waals surface area contributed by atoms with E-state index in [0.29, 0.717) is 24.8 Å². The molecule has 2 aliphatic carbocycles. The summed E-state index contributed by atoms with van der Waals surface area (Å²) < 4.78 is 14.3. The summed E-state index contributed by atoms with van der Waals surface area (Å²) >= 11 is 1.65. The number of benzene rings is 1. The summed E-state index contributed by atoms with van der Waals surface area (Å²) in [7, 11) is 0. The van der Waals surface area contributed by atoms with E-state index < -0.39 is 47.6 Å². The predicted octanol–water partition coefficient (Wildman–Crippen LogP) is 7.39. The van der Waals surface area contributed by atoms with Crippen molar-refractivity contribution in [2.24, 2.45) is 29.2 Å². The van der Waals surface area contributed by atoms with Crippen molar-refractivity contribution >= 4 is 46.2 Å². The predicted molar refractivity (Wildman–Crippen MR) is 222 cm³/mol. The van der Waals surface area contributed by atoms with Gasteiger partial charge in [0.05, 0.1) is 17.8 Å². The smallest absolute Gasteiger partial charge is 0.408 e. The summed E-state index contributed by atoms with van der Waals surface area (Å²) in [5.41, 5.74) is 14.4. The SMILES string of the molecule is CC(C)n1c(O[C@H]2CN(C(=O)[C@H](CCCCC/C=C\[C@@H]3C[C@@H]3C(N)=O)NC(=O)OC(C)(C)C)[C@H](C(N)=O)[C@@H]2C)nc2c(-c3nc(C4CCCCC4)cs3)cccc21. The fourth-order valence-corrected chi connectivity index (χ4v) is 9.37. The van der Waals surface area contributed by atoms with Gasteiger partial charge in [0.2, 0.25) is 17.7 Å². The number of hydrogen-bond acceptors (Lipinski definition) is 9. The molecule has 310 valence electrons. The van der Waals surface area contributed by atoms with Crippen molar-refractivity contribution < 1.29 is 28.7 Å². The molecule has 2 aromatic heterocycles. The Morgan fingerprint density at radius 2 is 1.79 bits per heavy atom. The summed E-state index contributed by atoms with van der Waals surface area (Å²) in [6.45, 7) is 11.4. The van der Waals surface area contributed by atoms with Crippen LogP contribution in [0.4, 0.5) is 4.79 Å². The minimum absolute atomic E-state index is 0.00519. The number of allylic oxidation sites excluding steroid dienone is 2. The second-order valence-electron chi connectivity index (χ2n) is 17.5. The van der Waals surface area contributed by atoms with Crippen LogP contribution >= 0.6 is 11.3 Å². The Morgan fingerprint density at radius 1 is 1.04 bits per heavy atom. The number of imidazole rings is 1. The number of hydrogen-bond donors (Lipinski definition) is 3. The van der Waals surface area contributed by atoms with Gasteiger partial charge in [0.15, 0.2) is 0 Å². The third-order valence-corrected chi connectivity index (χ3v) is 12.4. The largest absolute Gasteiger partial charge is 0.459 e. The Balaban J connectivity index is 1.18. The van der Waals surface area contributed by atoms with Gasteiger partial charge in [-0.2, -0.15) is 4.98 Å². The first-order valence-corrected chi connectivity index (χ1v) is 21.7. The molecule has 3 fully saturated rings. The second-order valence-corrected chi connectivity index (χ2v) is 18.3. The maximum atomic E-state index is 14.4. The molecule has 6 atom stereocenters. The molecule has 3 aromatic rings. The topological polar surface area (TPSA) is 185 Å². The number of rotatable bonds is 16. The van der Waals surface area contributed by atoms with Crippen LogP contribution in [0.25, 0.3) is 21.6 Å². The summed E-state index contributed by atoms with van der Waals surface area (Å²) in [6.07, 6.45) is 13.3. The van der Waals surface area contributed by atoms with E-state index in [4.69, 9.17) is 30.9 Å². The third-order valence-electron chi connectivity index (χ3n) is 11.5. The van der Waals surface area contributed by atoms with Gasteiger partial charge in [-0.15, -0.1) is 11.3 Å². The number of alkyl carbamates (subject to hydrolysis) is 1. The number of nitrogens with one attached hydrogen (secondary N) is 1. The van der Waals surface area contributed by atoms with Crippen LogP contribution in [0.2, 0.25) is 0 Å².